The number of hydrogen-bond acceptors (Lipinski definition) is 1. The highest BCUT2D eigenvalue weighted by molar-refractivity contribution is 6.05. The first-order chi connectivity index (χ1) is 9.58. The van der Waals surface area contributed by atoms with Crippen molar-refractivity contribution in [3.63, 3.8) is 0 Å². The molecule has 5 nitrogen and oxygen atoms in total. The quantitative estimate of drug-likeness (QED) is 0.611. The molecular weight excluding hydrogens is 252 g/mol. The van der Waals surface area contributed by atoms with Crippen LogP contribution in [-0.4, -0.2) is 16.4 Å². The minimum absolute atomic E-state index is 0.196. The van der Waals surface area contributed by atoms with Gasteiger partial charge in [-0.05, 0) is 43.4 Å². The van der Waals surface area contributed by atoms with E-state index in [0.29, 0.717) is 5.69 Å². The summed E-state index contributed by atoms with van der Waals surface area (Å²) in [6, 6.07) is 6.19. The largest absolute Gasteiger partial charge is 0.370 e. The number of carbonyl (C=O) groups excluding carboxylic acids is 1. The van der Waals surface area contributed by atoms with Crippen LogP contribution in [0, 0.1) is 6.92 Å². The summed E-state index contributed by atoms with van der Waals surface area (Å²) < 4.78 is 2.07. The summed E-state index contributed by atoms with van der Waals surface area (Å²) in [7, 11) is 0. The molecule has 0 atom stereocenters. The molecule has 20 heavy (non-hydrogen) atoms. The van der Waals surface area contributed by atoms with E-state index in [9.17, 15) is 4.79 Å². The zero-order valence-electron chi connectivity index (χ0n) is 11.5. The zero-order chi connectivity index (χ0) is 14.3. The van der Waals surface area contributed by atoms with Crippen molar-refractivity contribution in [2.75, 3.05) is 0 Å². The molecule has 1 aliphatic heterocycles. The molecule has 0 saturated carbocycles. The summed E-state index contributed by atoms with van der Waals surface area (Å²) >= 11 is 0. The van der Waals surface area contributed by atoms with Gasteiger partial charge in [0.2, 0.25) is 0 Å². The fourth-order valence-corrected chi connectivity index (χ4v) is 2.96. The lowest BCUT2D eigenvalue weighted by molar-refractivity contribution is 0.0994. The summed E-state index contributed by atoms with van der Waals surface area (Å²) in [5.41, 5.74) is 14.8. The number of nitrogens with zero attached hydrogens (tertiary/aromatic N) is 2. The third-order valence-corrected chi connectivity index (χ3v) is 3.89. The van der Waals surface area contributed by atoms with E-state index in [4.69, 9.17) is 11.5 Å². The molecule has 5 heteroatoms. The highest BCUT2D eigenvalue weighted by atomic mass is 16.1. The molecule has 0 saturated heterocycles. The van der Waals surface area contributed by atoms with Crippen molar-refractivity contribution in [3.8, 4) is 0 Å². The van der Waals surface area contributed by atoms with Crippen LogP contribution < -0.4 is 11.5 Å². The van der Waals surface area contributed by atoms with Crippen LogP contribution in [0.4, 0.5) is 0 Å². The van der Waals surface area contributed by atoms with E-state index < -0.39 is 0 Å². The number of rotatable bonds is 1. The van der Waals surface area contributed by atoms with Gasteiger partial charge in [0, 0.05) is 11.9 Å². The van der Waals surface area contributed by atoms with Crippen molar-refractivity contribution >= 4 is 22.8 Å². The summed E-state index contributed by atoms with van der Waals surface area (Å²) in [4.78, 5) is 15.9. The Morgan fingerprint density at radius 1 is 1.30 bits per heavy atom. The lowest BCUT2D eigenvalue weighted by atomic mass is 10.0. The first-order valence-corrected chi connectivity index (χ1v) is 6.83. The molecule has 1 aliphatic rings. The third-order valence-electron chi connectivity index (χ3n) is 3.89. The summed E-state index contributed by atoms with van der Waals surface area (Å²) in [6.45, 7) is 2.89. The van der Waals surface area contributed by atoms with Gasteiger partial charge in [-0.1, -0.05) is 12.1 Å². The molecule has 104 valence electrons. The van der Waals surface area contributed by atoms with Crippen LogP contribution >= 0.6 is 0 Å². The standard InChI is InChI=1S/C15H18N4O/c1-9-5-6-10-4-2-3-7-19-12(8-11(9)13(10)19)14(20)18-15(16)17/h5-6,8H,2-4,7H2,1H3,(H4,16,17,18,20). The molecule has 0 fully saturated rings. The summed E-state index contributed by atoms with van der Waals surface area (Å²) in [5.74, 6) is -0.563. The molecule has 0 spiro atoms. The smallest absolute Gasteiger partial charge is 0.296 e. The lowest BCUT2D eigenvalue weighted by Crippen LogP contribution is -2.24. The molecule has 0 radical (unpaired) electrons. The Morgan fingerprint density at radius 2 is 2.10 bits per heavy atom. The number of amides is 1. The molecule has 1 aromatic heterocycles. The SMILES string of the molecule is Cc1ccc2c3c1cc(C(=O)N=C(N)N)n3CCCC2. The number of carbonyl (C=O) groups is 1. The topological polar surface area (TPSA) is 86.4 Å². The maximum Gasteiger partial charge on any atom is 0.296 e. The molecule has 0 unspecified atom stereocenters. The Labute approximate surface area is 117 Å². The number of guanidine groups is 1. The monoisotopic (exact) mass is 270 g/mol. The van der Waals surface area contributed by atoms with Crippen molar-refractivity contribution < 1.29 is 4.79 Å². The van der Waals surface area contributed by atoms with Gasteiger partial charge in [0.05, 0.1) is 5.52 Å². The molecule has 3 rings (SSSR count). The van der Waals surface area contributed by atoms with Crippen LogP contribution in [0.3, 0.4) is 0 Å². The van der Waals surface area contributed by atoms with Crippen molar-refractivity contribution in [2.45, 2.75) is 32.7 Å². The predicted molar refractivity (Wildman–Crippen MR) is 79.8 cm³/mol. The second-order valence-electron chi connectivity index (χ2n) is 5.28. The normalized spacial score (nSPS) is 14.1. The number of aryl methyl sites for hydroxylation is 3. The molecule has 2 heterocycles. The summed E-state index contributed by atoms with van der Waals surface area (Å²) in [5, 5.41) is 1.12. The van der Waals surface area contributed by atoms with Crippen LogP contribution in [0.15, 0.2) is 23.2 Å². The fourth-order valence-electron chi connectivity index (χ4n) is 2.96. The second kappa shape index (κ2) is 4.67. The third kappa shape index (κ3) is 1.95. The average Bonchev–Trinajstić information content (AvgIpc) is 2.64. The van der Waals surface area contributed by atoms with Gasteiger partial charge in [-0.3, -0.25) is 4.79 Å². The van der Waals surface area contributed by atoms with E-state index in [1.54, 1.807) is 0 Å². The number of benzene rings is 1. The molecule has 0 bridgehead atoms. The number of hydrogen-bond donors (Lipinski definition) is 2. The van der Waals surface area contributed by atoms with Crippen LogP contribution in [0.5, 0.6) is 0 Å². The van der Waals surface area contributed by atoms with Gasteiger partial charge in [0.15, 0.2) is 5.96 Å². The zero-order valence-corrected chi connectivity index (χ0v) is 11.5. The Balaban J connectivity index is 2.28. The van der Waals surface area contributed by atoms with Crippen LogP contribution in [0.25, 0.3) is 10.9 Å². The molecular formula is C15H18N4O. The molecule has 0 aliphatic carbocycles. The van der Waals surface area contributed by atoms with Gasteiger partial charge in [-0.2, -0.15) is 4.99 Å². The van der Waals surface area contributed by atoms with Gasteiger partial charge in [0.25, 0.3) is 5.91 Å². The van der Waals surface area contributed by atoms with E-state index in [-0.39, 0.29) is 11.9 Å². The Bertz CT molecular complexity index is 723. The fraction of sp³-hybridized carbons (Fsp3) is 0.333. The lowest BCUT2D eigenvalue weighted by Gasteiger charge is -2.07. The molecule has 1 aromatic carbocycles. The van der Waals surface area contributed by atoms with Gasteiger partial charge >= 0.3 is 0 Å². The molecule has 4 N–H and O–H groups in total. The van der Waals surface area contributed by atoms with E-state index >= 15 is 0 Å². The molecule has 2 aromatic rings. The Morgan fingerprint density at radius 3 is 2.85 bits per heavy atom. The minimum Gasteiger partial charge on any atom is -0.370 e. The van der Waals surface area contributed by atoms with E-state index in [1.807, 2.05) is 6.07 Å². The van der Waals surface area contributed by atoms with Crippen LogP contribution in [0.2, 0.25) is 0 Å². The number of aromatic nitrogens is 1. The van der Waals surface area contributed by atoms with E-state index in [1.165, 1.54) is 11.1 Å². The maximum absolute atomic E-state index is 12.2. The predicted octanol–water partition coefficient (Wildman–Crippen LogP) is 1.70. The van der Waals surface area contributed by atoms with Crippen molar-refractivity contribution in [1.29, 1.82) is 0 Å². The van der Waals surface area contributed by atoms with Crippen molar-refractivity contribution in [1.82, 2.24) is 4.57 Å². The van der Waals surface area contributed by atoms with Gasteiger partial charge < -0.3 is 16.0 Å². The van der Waals surface area contributed by atoms with E-state index in [2.05, 4.69) is 28.6 Å². The second-order valence-corrected chi connectivity index (χ2v) is 5.28. The highest BCUT2D eigenvalue weighted by Gasteiger charge is 2.20. The Kier molecular flexibility index (Phi) is 2.97. The molecule has 1 amide bonds. The van der Waals surface area contributed by atoms with Crippen LogP contribution in [0.1, 0.15) is 34.5 Å². The summed E-state index contributed by atoms with van der Waals surface area (Å²) in [6.07, 6.45) is 3.24. The van der Waals surface area contributed by atoms with E-state index in [0.717, 1.165) is 36.7 Å². The first-order valence-electron chi connectivity index (χ1n) is 6.83. The minimum atomic E-state index is -0.367. The van der Waals surface area contributed by atoms with Gasteiger partial charge in [-0.15, -0.1) is 0 Å². The van der Waals surface area contributed by atoms with Crippen LogP contribution in [-0.2, 0) is 13.0 Å². The van der Waals surface area contributed by atoms with Gasteiger partial charge in [-0.25, -0.2) is 0 Å². The van der Waals surface area contributed by atoms with Crippen molar-refractivity contribution in [3.05, 3.63) is 35.0 Å². The maximum atomic E-state index is 12.2. The number of nitrogens with two attached hydrogens (primary N) is 2. The van der Waals surface area contributed by atoms with Gasteiger partial charge in [0.1, 0.15) is 5.69 Å². The Hall–Kier alpha value is -2.30. The average molecular weight is 270 g/mol. The van der Waals surface area contributed by atoms with Crippen molar-refractivity contribution in [2.24, 2.45) is 16.5 Å². The number of aliphatic imine (C=N–C) groups is 1. The highest BCUT2D eigenvalue weighted by Crippen LogP contribution is 2.30. The first kappa shape index (κ1) is 12.7.